The van der Waals surface area contributed by atoms with E-state index in [1.54, 1.807) is 0 Å². The fraction of sp³-hybridized carbons (Fsp3) is 0.190. The van der Waals surface area contributed by atoms with Gasteiger partial charge >= 0.3 is 0 Å². The van der Waals surface area contributed by atoms with Crippen LogP contribution in [0.25, 0.3) is 10.8 Å². The lowest BCUT2D eigenvalue weighted by atomic mass is 10.0. The van der Waals surface area contributed by atoms with Crippen LogP contribution in [0.15, 0.2) is 60.7 Å². The van der Waals surface area contributed by atoms with E-state index in [1.807, 2.05) is 74.5 Å². The minimum absolute atomic E-state index is 0.148. The average Bonchev–Trinajstić information content (AvgIpc) is 2.59. The summed E-state index contributed by atoms with van der Waals surface area (Å²) in [4.78, 5) is 12.4. The maximum atomic E-state index is 12.4. The van der Waals surface area contributed by atoms with Crippen molar-refractivity contribution in [3.63, 3.8) is 0 Å². The van der Waals surface area contributed by atoms with E-state index in [2.05, 4.69) is 5.32 Å². The molecule has 0 saturated carbocycles. The van der Waals surface area contributed by atoms with Crippen LogP contribution in [0.3, 0.4) is 0 Å². The number of benzene rings is 3. The Kier molecular flexibility index (Phi) is 4.63. The first-order chi connectivity index (χ1) is 11.6. The van der Waals surface area contributed by atoms with Gasteiger partial charge in [0.1, 0.15) is 0 Å². The Balaban J connectivity index is 1.72. The molecule has 1 atom stereocenters. The summed E-state index contributed by atoms with van der Waals surface area (Å²) in [5.41, 5.74) is 3.36. The number of aliphatic hydroxyl groups is 1. The van der Waals surface area contributed by atoms with Gasteiger partial charge in [-0.15, -0.1) is 0 Å². The van der Waals surface area contributed by atoms with E-state index in [-0.39, 0.29) is 12.5 Å². The number of fused-ring (bicyclic) bond motifs is 1. The van der Waals surface area contributed by atoms with Crippen molar-refractivity contribution in [3.8, 4) is 0 Å². The van der Waals surface area contributed by atoms with Gasteiger partial charge in [-0.2, -0.15) is 0 Å². The van der Waals surface area contributed by atoms with Gasteiger partial charge in [-0.3, -0.25) is 4.79 Å². The molecule has 2 N–H and O–H groups in total. The second-order valence-corrected chi connectivity index (χ2v) is 6.10. The first-order valence-electron chi connectivity index (χ1n) is 8.07. The minimum atomic E-state index is -0.733. The summed E-state index contributed by atoms with van der Waals surface area (Å²) in [7, 11) is 0. The molecule has 0 radical (unpaired) electrons. The largest absolute Gasteiger partial charge is 0.387 e. The van der Waals surface area contributed by atoms with Gasteiger partial charge in [-0.25, -0.2) is 0 Å². The third-order valence-corrected chi connectivity index (χ3v) is 4.32. The van der Waals surface area contributed by atoms with E-state index in [4.69, 9.17) is 0 Å². The molecular formula is C21H21NO2. The molecule has 0 aromatic heterocycles. The smallest absolute Gasteiger partial charge is 0.251 e. The summed E-state index contributed by atoms with van der Waals surface area (Å²) in [6.07, 6.45) is -0.733. The van der Waals surface area contributed by atoms with Gasteiger partial charge in [-0.05, 0) is 47.4 Å². The molecule has 1 unspecified atom stereocenters. The lowest BCUT2D eigenvalue weighted by molar-refractivity contribution is 0.0915. The highest BCUT2D eigenvalue weighted by Gasteiger charge is 2.14. The molecule has 0 saturated heterocycles. The van der Waals surface area contributed by atoms with E-state index < -0.39 is 6.10 Å². The minimum Gasteiger partial charge on any atom is -0.387 e. The number of hydrogen-bond donors (Lipinski definition) is 2. The van der Waals surface area contributed by atoms with Gasteiger partial charge in [0.25, 0.3) is 5.91 Å². The molecule has 3 rings (SSSR count). The molecule has 0 aliphatic carbocycles. The van der Waals surface area contributed by atoms with Crippen molar-refractivity contribution < 1.29 is 9.90 Å². The van der Waals surface area contributed by atoms with E-state index in [0.29, 0.717) is 5.56 Å². The Bertz CT molecular complexity index is 866. The van der Waals surface area contributed by atoms with Crippen molar-refractivity contribution in [2.24, 2.45) is 0 Å². The van der Waals surface area contributed by atoms with Crippen molar-refractivity contribution in [1.29, 1.82) is 0 Å². The van der Waals surface area contributed by atoms with Gasteiger partial charge in [0.15, 0.2) is 0 Å². The zero-order chi connectivity index (χ0) is 17.1. The monoisotopic (exact) mass is 319 g/mol. The standard InChI is InChI=1S/C21H21NO2/c1-14-6-5-7-15(2)20(14)21(24)22-13-19(23)18-11-10-16-8-3-4-9-17(16)12-18/h3-12,19,23H,13H2,1-2H3,(H,22,24). The lowest BCUT2D eigenvalue weighted by Gasteiger charge is -2.15. The second kappa shape index (κ2) is 6.85. The molecule has 0 spiro atoms. The summed E-state index contributed by atoms with van der Waals surface area (Å²) in [5, 5.41) is 15.4. The molecule has 3 nitrogen and oxygen atoms in total. The van der Waals surface area contributed by atoms with Gasteiger partial charge < -0.3 is 10.4 Å². The molecule has 24 heavy (non-hydrogen) atoms. The fourth-order valence-corrected chi connectivity index (χ4v) is 2.98. The Morgan fingerprint density at radius 1 is 0.958 bits per heavy atom. The van der Waals surface area contributed by atoms with Crippen LogP contribution in [0.5, 0.6) is 0 Å². The molecular weight excluding hydrogens is 298 g/mol. The fourth-order valence-electron chi connectivity index (χ4n) is 2.98. The summed E-state index contributed by atoms with van der Waals surface area (Å²) in [6.45, 7) is 4.02. The summed E-state index contributed by atoms with van der Waals surface area (Å²) >= 11 is 0. The molecule has 3 heteroatoms. The SMILES string of the molecule is Cc1cccc(C)c1C(=O)NCC(O)c1ccc2ccccc2c1. The van der Waals surface area contributed by atoms with Crippen molar-refractivity contribution in [1.82, 2.24) is 5.32 Å². The summed E-state index contributed by atoms with van der Waals surface area (Å²) < 4.78 is 0. The van der Waals surface area contributed by atoms with Gasteiger partial charge in [0, 0.05) is 12.1 Å². The Morgan fingerprint density at radius 2 is 1.62 bits per heavy atom. The van der Waals surface area contributed by atoms with Crippen molar-refractivity contribution >= 4 is 16.7 Å². The number of nitrogens with one attached hydrogen (secondary N) is 1. The predicted molar refractivity (Wildman–Crippen MR) is 97.2 cm³/mol. The quantitative estimate of drug-likeness (QED) is 0.766. The number of aliphatic hydroxyl groups excluding tert-OH is 1. The molecule has 0 fully saturated rings. The van der Waals surface area contributed by atoms with Crippen LogP contribution in [0.2, 0.25) is 0 Å². The number of hydrogen-bond acceptors (Lipinski definition) is 2. The van der Waals surface area contributed by atoms with Crippen LogP contribution in [-0.4, -0.2) is 17.6 Å². The van der Waals surface area contributed by atoms with Crippen LogP contribution in [0.1, 0.15) is 33.2 Å². The molecule has 0 heterocycles. The first kappa shape index (κ1) is 16.2. The molecule has 3 aromatic rings. The van der Waals surface area contributed by atoms with Crippen molar-refractivity contribution in [2.75, 3.05) is 6.54 Å². The predicted octanol–water partition coefficient (Wildman–Crippen LogP) is 3.92. The highest BCUT2D eigenvalue weighted by atomic mass is 16.3. The summed E-state index contributed by atoms with van der Waals surface area (Å²) in [5.74, 6) is -0.148. The molecule has 0 aliphatic rings. The maximum Gasteiger partial charge on any atom is 0.251 e. The summed E-state index contributed by atoms with van der Waals surface area (Å²) in [6, 6.07) is 19.6. The van der Waals surface area contributed by atoms with Crippen LogP contribution < -0.4 is 5.32 Å². The van der Waals surface area contributed by atoms with Gasteiger partial charge in [0.05, 0.1) is 6.10 Å². The highest BCUT2D eigenvalue weighted by Crippen LogP contribution is 2.20. The second-order valence-electron chi connectivity index (χ2n) is 6.10. The van der Waals surface area contributed by atoms with Crippen LogP contribution >= 0.6 is 0 Å². The third kappa shape index (κ3) is 3.31. The van der Waals surface area contributed by atoms with Gasteiger partial charge in [-0.1, -0.05) is 54.6 Å². The number of carbonyl (C=O) groups is 1. The number of carbonyl (C=O) groups excluding carboxylic acids is 1. The number of rotatable bonds is 4. The van der Waals surface area contributed by atoms with Crippen molar-refractivity contribution in [3.05, 3.63) is 82.9 Å². The Morgan fingerprint density at radius 3 is 2.33 bits per heavy atom. The molecule has 1 amide bonds. The van der Waals surface area contributed by atoms with Crippen LogP contribution in [0, 0.1) is 13.8 Å². The van der Waals surface area contributed by atoms with Gasteiger partial charge in [0.2, 0.25) is 0 Å². The zero-order valence-corrected chi connectivity index (χ0v) is 13.9. The van der Waals surface area contributed by atoms with Crippen LogP contribution in [0.4, 0.5) is 0 Å². The van der Waals surface area contributed by atoms with Crippen LogP contribution in [-0.2, 0) is 0 Å². The van der Waals surface area contributed by atoms with E-state index >= 15 is 0 Å². The average molecular weight is 319 g/mol. The molecule has 122 valence electrons. The highest BCUT2D eigenvalue weighted by molar-refractivity contribution is 5.97. The topological polar surface area (TPSA) is 49.3 Å². The van der Waals surface area contributed by atoms with Crippen molar-refractivity contribution in [2.45, 2.75) is 20.0 Å². The van der Waals surface area contributed by atoms with E-state index in [0.717, 1.165) is 27.5 Å². The molecule has 0 bridgehead atoms. The number of amides is 1. The third-order valence-electron chi connectivity index (χ3n) is 4.32. The maximum absolute atomic E-state index is 12.4. The van der Waals surface area contributed by atoms with E-state index in [1.165, 1.54) is 0 Å². The zero-order valence-electron chi connectivity index (χ0n) is 13.9. The van der Waals surface area contributed by atoms with E-state index in [9.17, 15) is 9.90 Å². The number of aryl methyl sites for hydroxylation is 2. The lowest BCUT2D eigenvalue weighted by Crippen LogP contribution is -2.29. The Hall–Kier alpha value is -2.65. The normalized spacial score (nSPS) is 12.1. The molecule has 3 aromatic carbocycles. The first-order valence-corrected chi connectivity index (χ1v) is 8.07. The Labute approximate surface area is 142 Å². The molecule has 0 aliphatic heterocycles.